The van der Waals surface area contributed by atoms with Gasteiger partial charge in [0, 0.05) is 58.3 Å². The van der Waals surface area contributed by atoms with Gasteiger partial charge in [0.2, 0.25) is 5.91 Å². The topological polar surface area (TPSA) is 60.0 Å². The normalized spacial score (nSPS) is 23.4. The van der Waals surface area contributed by atoms with E-state index in [1.807, 2.05) is 7.05 Å². The Hall–Kier alpha value is -1.56. The quantitative estimate of drug-likeness (QED) is 0.446. The average Bonchev–Trinajstić information content (AvgIpc) is 3.35. The van der Waals surface area contributed by atoms with E-state index >= 15 is 0 Å². The van der Waals surface area contributed by atoms with E-state index in [1.54, 1.807) is 0 Å². The number of rotatable bonds is 5. The van der Waals surface area contributed by atoms with E-state index in [2.05, 4.69) is 37.6 Å². The Labute approximate surface area is 151 Å². The molecular weight excluding hydrogens is 314 g/mol. The smallest absolute Gasteiger partial charge is 0.225 e. The minimum absolute atomic E-state index is 0.313. The highest BCUT2D eigenvalue weighted by Gasteiger charge is 2.29. The van der Waals surface area contributed by atoms with Crippen molar-refractivity contribution >= 4 is 11.9 Å². The van der Waals surface area contributed by atoms with Gasteiger partial charge in [-0.3, -0.25) is 14.7 Å². The number of carbonyl (C=O) groups excluding carboxylic acids is 1. The van der Waals surface area contributed by atoms with Gasteiger partial charge in [-0.2, -0.15) is 0 Å². The number of hydrogen-bond donors (Lipinski definition) is 2. The van der Waals surface area contributed by atoms with Crippen LogP contribution < -0.4 is 10.6 Å². The summed E-state index contributed by atoms with van der Waals surface area (Å²) in [6.07, 6.45) is 11.3. The van der Waals surface area contributed by atoms with Crippen molar-refractivity contribution in [2.75, 3.05) is 46.3 Å². The molecule has 0 aromatic carbocycles. The molecule has 0 radical (unpaired) electrons. The summed E-state index contributed by atoms with van der Waals surface area (Å²) in [5.74, 6) is 1.61. The lowest BCUT2D eigenvalue weighted by atomic mass is 10.1. The summed E-state index contributed by atoms with van der Waals surface area (Å²) in [4.78, 5) is 21.3. The third-order valence-electron chi connectivity index (χ3n) is 5.68. The maximum absolute atomic E-state index is 12.5. The summed E-state index contributed by atoms with van der Waals surface area (Å²) >= 11 is 0. The van der Waals surface area contributed by atoms with E-state index in [-0.39, 0.29) is 0 Å². The number of aliphatic imine (C=N–C) groups is 1. The summed E-state index contributed by atoms with van der Waals surface area (Å²) in [6, 6.07) is 0.483. The molecule has 2 fully saturated rings. The number of piperazine rings is 1. The highest BCUT2D eigenvalue weighted by Crippen LogP contribution is 2.26. The number of nitrogens with zero attached hydrogens (tertiary/aromatic N) is 3. The number of hydrogen-bond acceptors (Lipinski definition) is 3. The number of carbonyl (C=O) groups is 1. The lowest BCUT2D eigenvalue weighted by Crippen LogP contribution is -2.52. The van der Waals surface area contributed by atoms with Crippen LogP contribution in [0.5, 0.6) is 0 Å². The molecule has 1 saturated carbocycles. The first-order chi connectivity index (χ1) is 12.3. The van der Waals surface area contributed by atoms with E-state index in [0.29, 0.717) is 17.9 Å². The zero-order valence-corrected chi connectivity index (χ0v) is 15.5. The maximum Gasteiger partial charge on any atom is 0.225 e. The molecule has 2 aliphatic carbocycles. The van der Waals surface area contributed by atoms with Crippen LogP contribution in [-0.4, -0.2) is 74.0 Å². The van der Waals surface area contributed by atoms with Crippen molar-refractivity contribution in [3.63, 3.8) is 0 Å². The molecule has 0 spiro atoms. The first-order valence-corrected chi connectivity index (χ1v) is 9.89. The molecule has 3 aliphatic rings. The molecule has 140 valence electrons. The third kappa shape index (κ3) is 5.21. The fourth-order valence-electron chi connectivity index (χ4n) is 4.08. The molecule has 1 heterocycles. The van der Waals surface area contributed by atoms with Gasteiger partial charge < -0.3 is 15.5 Å². The van der Waals surface area contributed by atoms with Crippen LogP contribution in [0, 0.1) is 5.92 Å². The standard InChI is InChI=1S/C19H33N5O/c1-20-19(22-17-8-4-5-9-17)21-10-11-23-12-14-24(15-13-23)18(25)16-6-2-3-7-16/h4-5,16-17H,2-3,6-15H2,1H3,(H2,20,21,22). The average molecular weight is 348 g/mol. The Morgan fingerprint density at radius 2 is 1.80 bits per heavy atom. The summed E-state index contributed by atoms with van der Waals surface area (Å²) in [6.45, 7) is 5.62. The zero-order chi connectivity index (χ0) is 17.5. The lowest BCUT2D eigenvalue weighted by molar-refractivity contribution is -0.137. The molecule has 1 aliphatic heterocycles. The maximum atomic E-state index is 12.5. The predicted octanol–water partition coefficient (Wildman–Crippen LogP) is 1.20. The Morgan fingerprint density at radius 3 is 2.44 bits per heavy atom. The van der Waals surface area contributed by atoms with Crippen molar-refractivity contribution in [3.8, 4) is 0 Å². The van der Waals surface area contributed by atoms with E-state index in [4.69, 9.17) is 0 Å². The van der Waals surface area contributed by atoms with Gasteiger partial charge in [-0.25, -0.2) is 0 Å². The first-order valence-electron chi connectivity index (χ1n) is 9.89. The van der Waals surface area contributed by atoms with E-state index in [0.717, 1.165) is 70.9 Å². The molecule has 6 nitrogen and oxygen atoms in total. The fraction of sp³-hybridized carbons (Fsp3) is 0.789. The molecular formula is C19H33N5O. The molecule has 0 aromatic rings. The fourth-order valence-corrected chi connectivity index (χ4v) is 4.08. The molecule has 25 heavy (non-hydrogen) atoms. The minimum Gasteiger partial charge on any atom is -0.355 e. The van der Waals surface area contributed by atoms with Crippen molar-refractivity contribution < 1.29 is 4.79 Å². The van der Waals surface area contributed by atoms with Crippen LogP contribution in [0.2, 0.25) is 0 Å². The molecule has 0 unspecified atom stereocenters. The second kappa shape index (κ2) is 9.22. The van der Waals surface area contributed by atoms with Gasteiger partial charge in [0.25, 0.3) is 0 Å². The van der Waals surface area contributed by atoms with Gasteiger partial charge in [-0.1, -0.05) is 25.0 Å². The lowest BCUT2D eigenvalue weighted by Gasteiger charge is -2.36. The summed E-state index contributed by atoms with van der Waals surface area (Å²) < 4.78 is 0. The monoisotopic (exact) mass is 347 g/mol. The van der Waals surface area contributed by atoms with Crippen molar-refractivity contribution in [1.82, 2.24) is 20.4 Å². The molecule has 6 heteroatoms. The second-order valence-corrected chi connectivity index (χ2v) is 7.43. The third-order valence-corrected chi connectivity index (χ3v) is 5.68. The molecule has 0 aromatic heterocycles. The van der Waals surface area contributed by atoms with Gasteiger partial charge >= 0.3 is 0 Å². The van der Waals surface area contributed by atoms with Crippen LogP contribution in [0.1, 0.15) is 38.5 Å². The Kier molecular flexibility index (Phi) is 6.73. The molecule has 0 bridgehead atoms. The van der Waals surface area contributed by atoms with Gasteiger partial charge in [-0.15, -0.1) is 0 Å². The van der Waals surface area contributed by atoms with Crippen LogP contribution in [-0.2, 0) is 4.79 Å². The molecule has 1 saturated heterocycles. The Bertz CT molecular complexity index is 482. The van der Waals surface area contributed by atoms with Gasteiger partial charge in [-0.05, 0) is 25.7 Å². The summed E-state index contributed by atoms with van der Waals surface area (Å²) in [7, 11) is 1.82. The van der Waals surface area contributed by atoms with Crippen LogP contribution in [0.25, 0.3) is 0 Å². The zero-order valence-electron chi connectivity index (χ0n) is 15.5. The molecule has 0 atom stereocenters. The van der Waals surface area contributed by atoms with Crippen LogP contribution in [0.15, 0.2) is 17.1 Å². The van der Waals surface area contributed by atoms with Gasteiger partial charge in [0.15, 0.2) is 5.96 Å². The molecule has 2 N–H and O–H groups in total. The number of amides is 1. The summed E-state index contributed by atoms with van der Waals surface area (Å²) in [5.41, 5.74) is 0. The Balaban J connectivity index is 1.31. The largest absolute Gasteiger partial charge is 0.355 e. The van der Waals surface area contributed by atoms with Gasteiger partial charge in [0.1, 0.15) is 0 Å². The van der Waals surface area contributed by atoms with Crippen molar-refractivity contribution in [2.24, 2.45) is 10.9 Å². The van der Waals surface area contributed by atoms with Crippen LogP contribution in [0.4, 0.5) is 0 Å². The van der Waals surface area contributed by atoms with E-state index < -0.39 is 0 Å². The first kappa shape index (κ1) is 18.2. The second-order valence-electron chi connectivity index (χ2n) is 7.43. The summed E-state index contributed by atoms with van der Waals surface area (Å²) in [5, 5.41) is 6.87. The van der Waals surface area contributed by atoms with Crippen LogP contribution in [0.3, 0.4) is 0 Å². The molecule has 1 amide bonds. The minimum atomic E-state index is 0.313. The SMILES string of the molecule is CN=C(NCCN1CCN(C(=O)C2CCCC2)CC1)NC1CC=CC1. The number of nitrogens with one attached hydrogen (secondary N) is 2. The molecule has 3 rings (SSSR count). The number of guanidine groups is 1. The van der Waals surface area contributed by atoms with E-state index in [9.17, 15) is 4.79 Å². The van der Waals surface area contributed by atoms with Gasteiger partial charge in [0.05, 0.1) is 0 Å². The Morgan fingerprint density at radius 1 is 1.12 bits per heavy atom. The van der Waals surface area contributed by atoms with Crippen molar-refractivity contribution in [1.29, 1.82) is 0 Å². The van der Waals surface area contributed by atoms with Crippen molar-refractivity contribution in [3.05, 3.63) is 12.2 Å². The van der Waals surface area contributed by atoms with E-state index in [1.165, 1.54) is 12.8 Å². The highest BCUT2D eigenvalue weighted by molar-refractivity contribution is 5.80. The van der Waals surface area contributed by atoms with Crippen LogP contribution >= 0.6 is 0 Å². The predicted molar refractivity (Wildman–Crippen MR) is 102 cm³/mol. The van der Waals surface area contributed by atoms with Crippen molar-refractivity contribution in [2.45, 2.75) is 44.6 Å². The highest BCUT2D eigenvalue weighted by atomic mass is 16.2.